The fourth-order valence-electron chi connectivity index (χ4n) is 2.31. The number of aromatic nitrogens is 4. The third-order valence-corrected chi connectivity index (χ3v) is 3.17. The number of H-pyrrole nitrogens is 2. The van der Waals surface area contributed by atoms with Gasteiger partial charge in [0.15, 0.2) is 0 Å². The fourth-order valence-corrected chi connectivity index (χ4v) is 2.31. The molecule has 4 nitrogen and oxygen atoms in total. The van der Waals surface area contributed by atoms with Gasteiger partial charge < -0.3 is 9.97 Å². The van der Waals surface area contributed by atoms with E-state index in [-0.39, 0.29) is 0 Å². The summed E-state index contributed by atoms with van der Waals surface area (Å²) < 4.78 is 0. The van der Waals surface area contributed by atoms with Crippen molar-refractivity contribution in [3.05, 3.63) is 49.3 Å². The molecule has 0 bridgehead atoms. The second-order valence-corrected chi connectivity index (χ2v) is 4.17. The van der Waals surface area contributed by atoms with Crippen LogP contribution in [0.4, 0.5) is 0 Å². The maximum atomic E-state index is 4.18. The smallest absolute Gasteiger partial charge is 0.0987 e. The van der Waals surface area contributed by atoms with E-state index in [1.165, 1.54) is 0 Å². The lowest BCUT2D eigenvalue weighted by molar-refractivity contribution is 1.34. The quantitative estimate of drug-likeness (QED) is 0.531. The molecule has 1 radical (unpaired) electrons. The number of fused-ring (bicyclic) bond motifs is 2. The van der Waals surface area contributed by atoms with E-state index in [1.807, 2.05) is 36.9 Å². The van der Waals surface area contributed by atoms with Crippen molar-refractivity contribution in [3.63, 3.8) is 0 Å². The molecule has 0 aliphatic heterocycles. The Morgan fingerprint density at radius 3 is 3.06 bits per heavy atom. The van der Waals surface area contributed by atoms with Crippen molar-refractivity contribution in [3.8, 4) is 11.1 Å². The topological polar surface area (TPSA) is 57.4 Å². The van der Waals surface area contributed by atoms with Crippen LogP contribution in [0.2, 0.25) is 0 Å². The molecule has 0 saturated heterocycles. The molecule has 0 fully saturated rings. The van der Waals surface area contributed by atoms with Gasteiger partial charge in [0.1, 0.15) is 0 Å². The number of nitrogens with one attached hydrogen (secondary N) is 2. The SMILES string of the molecule is [c]1ncc(-c2c[nH]c3ccncc23)c2[nH]ccc12. The van der Waals surface area contributed by atoms with Crippen LogP contribution in [0.15, 0.2) is 43.1 Å². The van der Waals surface area contributed by atoms with Crippen LogP contribution in [-0.4, -0.2) is 19.9 Å². The van der Waals surface area contributed by atoms with Gasteiger partial charge in [0.2, 0.25) is 0 Å². The molecule has 2 N–H and O–H groups in total. The minimum atomic E-state index is 0.991. The number of hydrogen-bond acceptors (Lipinski definition) is 2. The average Bonchev–Trinajstić information content (AvgIpc) is 3.05. The summed E-state index contributed by atoms with van der Waals surface area (Å²) in [5.41, 5.74) is 4.29. The van der Waals surface area contributed by atoms with Crippen molar-refractivity contribution in [2.24, 2.45) is 0 Å². The van der Waals surface area contributed by atoms with E-state index in [0.717, 1.165) is 32.9 Å². The van der Waals surface area contributed by atoms with Crippen LogP contribution in [0.1, 0.15) is 0 Å². The third-order valence-electron chi connectivity index (χ3n) is 3.17. The van der Waals surface area contributed by atoms with E-state index < -0.39 is 0 Å². The van der Waals surface area contributed by atoms with Crippen LogP contribution in [0.5, 0.6) is 0 Å². The Kier molecular flexibility index (Phi) is 1.80. The van der Waals surface area contributed by atoms with Gasteiger partial charge in [-0.25, -0.2) is 0 Å². The molecule has 0 atom stereocenters. The molecular formula is C14H9N4. The molecule has 4 aromatic heterocycles. The molecule has 0 aliphatic carbocycles. The molecule has 4 aromatic rings. The monoisotopic (exact) mass is 233 g/mol. The Labute approximate surface area is 103 Å². The van der Waals surface area contributed by atoms with E-state index in [2.05, 4.69) is 26.1 Å². The standard InChI is InChI=1S/C14H9N4/c1-4-17-14-9(1)5-16-7-12(14)10-8-18-13-2-3-15-6-11(10)13/h1-4,6-8,17-18H. The Hall–Kier alpha value is -2.62. The van der Waals surface area contributed by atoms with E-state index >= 15 is 0 Å². The summed E-state index contributed by atoms with van der Waals surface area (Å²) in [5.74, 6) is 0. The van der Waals surface area contributed by atoms with Gasteiger partial charge in [-0.05, 0) is 12.1 Å². The highest BCUT2D eigenvalue weighted by Gasteiger charge is 2.10. The maximum absolute atomic E-state index is 4.18. The third kappa shape index (κ3) is 1.20. The molecule has 0 aliphatic rings. The normalized spacial score (nSPS) is 11.3. The van der Waals surface area contributed by atoms with Crippen molar-refractivity contribution in [1.29, 1.82) is 0 Å². The second-order valence-electron chi connectivity index (χ2n) is 4.17. The predicted molar refractivity (Wildman–Crippen MR) is 70.0 cm³/mol. The second kappa shape index (κ2) is 3.43. The van der Waals surface area contributed by atoms with Crippen LogP contribution in [0, 0.1) is 6.20 Å². The summed E-state index contributed by atoms with van der Waals surface area (Å²) in [5, 5.41) is 2.09. The lowest BCUT2D eigenvalue weighted by Gasteiger charge is -2.00. The molecule has 4 rings (SSSR count). The number of hydrogen-bond donors (Lipinski definition) is 2. The predicted octanol–water partition coefficient (Wildman–Crippen LogP) is 2.91. The first-order chi connectivity index (χ1) is 8.93. The van der Waals surface area contributed by atoms with E-state index in [1.54, 1.807) is 6.20 Å². The zero-order valence-corrected chi connectivity index (χ0v) is 9.44. The van der Waals surface area contributed by atoms with Crippen molar-refractivity contribution in [2.75, 3.05) is 0 Å². The van der Waals surface area contributed by atoms with E-state index in [9.17, 15) is 0 Å². The van der Waals surface area contributed by atoms with Gasteiger partial charge in [-0.15, -0.1) is 0 Å². The van der Waals surface area contributed by atoms with Crippen molar-refractivity contribution < 1.29 is 0 Å². The van der Waals surface area contributed by atoms with Gasteiger partial charge in [0, 0.05) is 58.4 Å². The highest BCUT2D eigenvalue weighted by Crippen LogP contribution is 2.31. The van der Waals surface area contributed by atoms with E-state index in [0.29, 0.717) is 0 Å². The number of pyridine rings is 2. The lowest BCUT2D eigenvalue weighted by Crippen LogP contribution is -1.82. The molecule has 0 aromatic carbocycles. The number of nitrogens with zero attached hydrogens (tertiary/aromatic N) is 2. The average molecular weight is 233 g/mol. The zero-order chi connectivity index (χ0) is 11.9. The molecular weight excluding hydrogens is 224 g/mol. The minimum Gasteiger partial charge on any atom is -0.361 e. The van der Waals surface area contributed by atoms with Gasteiger partial charge in [-0.3, -0.25) is 9.97 Å². The summed E-state index contributed by atoms with van der Waals surface area (Å²) in [6.07, 6.45) is 12.3. The summed E-state index contributed by atoms with van der Waals surface area (Å²) in [6, 6.07) is 3.94. The first kappa shape index (κ1) is 9.41. The molecule has 85 valence electrons. The van der Waals surface area contributed by atoms with Crippen LogP contribution in [0.3, 0.4) is 0 Å². The Bertz CT molecular complexity index is 841. The van der Waals surface area contributed by atoms with Crippen molar-refractivity contribution in [2.45, 2.75) is 0 Å². The number of aromatic amines is 2. The fraction of sp³-hybridized carbons (Fsp3) is 0. The summed E-state index contributed by atoms with van der Waals surface area (Å²) >= 11 is 0. The highest BCUT2D eigenvalue weighted by molar-refractivity contribution is 6.02. The van der Waals surface area contributed by atoms with Gasteiger partial charge in [0.05, 0.1) is 11.7 Å². The van der Waals surface area contributed by atoms with Gasteiger partial charge in [-0.2, -0.15) is 0 Å². The first-order valence-electron chi connectivity index (χ1n) is 5.69. The summed E-state index contributed by atoms with van der Waals surface area (Å²) in [6.45, 7) is 0. The van der Waals surface area contributed by atoms with Crippen LogP contribution < -0.4 is 0 Å². The van der Waals surface area contributed by atoms with Gasteiger partial charge in [-0.1, -0.05) is 0 Å². The van der Waals surface area contributed by atoms with E-state index in [4.69, 9.17) is 0 Å². The molecule has 0 amide bonds. The maximum Gasteiger partial charge on any atom is 0.0987 e. The highest BCUT2D eigenvalue weighted by atomic mass is 14.7. The lowest BCUT2D eigenvalue weighted by atomic mass is 10.1. The Morgan fingerprint density at radius 2 is 2.06 bits per heavy atom. The van der Waals surface area contributed by atoms with Crippen LogP contribution in [0.25, 0.3) is 32.9 Å². The Balaban J connectivity index is 2.10. The van der Waals surface area contributed by atoms with Crippen molar-refractivity contribution in [1.82, 2.24) is 19.9 Å². The van der Waals surface area contributed by atoms with Crippen molar-refractivity contribution >= 4 is 21.8 Å². The van der Waals surface area contributed by atoms with Crippen LogP contribution >= 0.6 is 0 Å². The first-order valence-corrected chi connectivity index (χ1v) is 5.69. The molecule has 18 heavy (non-hydrogen) atoms. The van der Waals surface area contributed by atoms with Crippen LogP contribution in [-0.2, 0) is 0 Å². The molecule has 4 heteroatoms. The number of rotatable bonds is 1. The molecule has 4 heterocycles. The summed E-state index contributed by atoms with van der Waals surface area (Å²) in [7, 11) is 0. The molecule has 0 spiro atoms. The summed E-state index contributed by atoms with van der Waals surface area (Å²) in [4.78, 5) is 14.8. The Morgan fingerprint density at radius 1 is 1.06 bits per heavy atom. The largest absolute Gasteiger partial charge is 0.361 e. The molecule has 0 saturated carbocycles. The minimum absolute atomic E-state index is 0.991. The molecule has 0 unspecified atom stereocenters. The van der Waals surface area contributed by atoms with Gasteiger partial charge >= 0.3 is 0 Å². The van der Waals surface area contributed by atoms with Gasteiger partial charge in [0.25, 0.3) is 0 Å². The zero-order valence-electron chi connectivity index (χ0n) is 9.44.